The molecule has 0 aliphatic carbocycles. The number of carbonyl (C=O) groups is 1. The molecular formula is C13H22ClN3O3S. The minimum absolute atomic E-state index is 0.0624. The molecule has 1 atom stereocenters. The molecule has 0 saturated heterocycles. The highest BCUT2D eigenvalue weighted by Crippen LogP contribution is 2.23. The van der Waals surface area contributed by atoms with Crippen LogP contribution < -0.4 is 5.32 Å². The fourth-order valence-electron chi connectivity index (χ4n) is 1.97. The number of halogens is 1. The number of nitrogens with one attached hydrogen (secondary N) is 2. The third kappa shape index (κ3) is 5.00. The van der Waals surface area contributed by atoms with Crippen LogP contribution in [-0.4, -0.2) is 30.6 Å². The van der Waals surface area contributed by atoms with Gasteiger partial charge >= 0.3 is 0 Å². The number of nitrogens with zero attached hydrogens (tertiary/aromatic N) is 1. The van der Waals surface area contributed by atoms with Gasteiger partial charge in [-0.25, -0.2) is 8.42 Å². The standard InChI is InChI=1S/C13H22ClN3O3S/c1-5-10-12(21(14,19)20)11(17-16-10)13(18)15-9(4)7-6-8(2)3/h8-9H,5-7H2,1-4H3,(H,15,18)(H,16,17). The Labute approximate surface area is 130 Å². The molecule has 0 aromatic carbocycles. The number of aromatic nitrogens is 2. The highest BCUT2D eigenvalue weighted by atomic mass is 35.7. The Hall–Kier alpha value is -1.08. The van der Waals surface area contributed by atoms with Crippen LogP contribution in [0.4, 0.5) is 0 Å². The predicted octanol–water partition coefficient (Wildman–Crippen LogP) is 2.45. The Morgan fingerprint density at radius 2 is 1.95 bits per heavy atom. The quantitative estimate of drug-likeness (QED) is 0.749. The summed E-state index contributed by atoms with van der Waals surface area (Å²) in [5.41, 5.74) is 0.170. The fraction of sp³-hybridized carbons (Fsp3) is 0.692. The number of rotatable bonds is 7. The summed E-state index contributed by atoms with van der Waals surface area (Å²) in [4.78, 5) is 12.0. The lowest BCUT2D eigenvalue weighted by molar-refractivity contribution is 0.0929. The van der Waals surface area contributed by atoms with Gasteiger partial charge in [-0.15, -0.1) is 0 Å². The molecule has 1 aromatic heterocycles. The van der Waals surface area contributed by atoms with Crippen LogP contribution in [0.3, 0.4) is 0 Å². The van der Waals surface area contributed by atoms with Crippen molar-refractivity contribution in [2.24, 2.45) is 5.92 Å². The Morgan fingerprint density at radius 1 is 1.33 bits per heavy atom. The molecule has 0 aliphatic rings. The van der Waals surface area contributed by atoms with Gasteiger partial charge in [-0.2, -0.15) is 5.10 Å². The van der Waals surface area contributed by atoms with E-state index in [2.05, 4.69) is 29.4 Å². The number of hydrogen-bond donors (Lipinski definition) is 2. The average molecular weight is 336 g/mol. The van der Waals surface area contributed by atoms with Gasteiger partial charge in [0.05, 0.1) is 5.69 Å². The molecule has 0 spiro atoms. The molecular weight excluding hydrogens is 314 g/mol. The highest BCUT2D eigenvalue weighted by molar-refractivity contribution is 8.13. The Balaban J connectivity index is 2.91. The topological polar surface area (TPSA) is 91.9 Å². The first-order valence-corrected chi connectivity index (χ1v) is 9.30. The lowest BCUT2D eigenvalue weighted by Crippen LogP contribution is -2.33. The average Bonchev–Trinajstić information content (AvgIpc) is 2.80. The van der Waals surface area contributed by atoms with Crippen molar-refractivity contribution < 1.29 is 13.2 Å². The molecule has 0 fully saturated rings. The van der Waals surface area contributed by atoms with Crippen molar-refractivity contribution in [3.63, 3.8) is 0 Å². The summed E-state index contributed by atoms with van der Waals surface area (Å²) in [6.07, 6.45) is 2.19. The molecule has 21 heavy (non-hydrogen) atoms. The lowest BCUT2D eigenvalue weighted by Gasteiger charge is -2.14. The van der Waals surface area contributed by atoms with Crippen molar-refractivity contribution in [1.29, 1.82) is 0 Å². The second-order valence-electron chi connectivity index (χ2n) is 5.52. The largest absolute Gasteiger partial charge is 0.348 e. The van der Waals surface area contributed by atoms with Crippen molar-refractivity contribution in [3.05, 3.63) is 11.4 Å². The molecule has 2 N–H and O–H groups in total. The van der Waals surface area contributed by atoms with E-state index in [0.29, 0.717) is 18.0 Å². The third-order valence-electron chi connectivity index (χ3n) is 3.16. The molecule has 1 unspecified atom stereocenters. The van der Waals surface area contributed by atoms with E-state index in [1.54, 1.807) is 6.92 Å². The van der Waals surface area contributed by atoms with E-state index in [9.17, 15) is 13.2 Å². The summed E-state index contributed by atoms with van der Waals surface area (Å²) < 4.78 is 23.3. The van der Waals surface area contributed by atoms with Gasteiger partial charge in [0, 0.05) is 16.7 Å². The van der Waals surface area contributed by atoms with Crippen LogP contribution >= 0.6 is 10.7 Å². The first-order valence-electron chi connectivity index (χ1n) is 6.99. The molecule has 1 amide bonds. The van der Waals surface area contributed by atoms with Crippen molar-refractivity contribution in [2.75, 3.05) is 0 Å². The summed E-state index contributed by atoms with van der Waals surface area (Å²) in [7, 11) is 1.38. The van der Waals surface area contributed by atoms with E-state index in [1.807, 2.05) is 6.92 Å². The summed E-state index contributed by atoms with van der Waals surface area (Å²) in [5, 5.41) is 9.12. The zero-order valence-electron chi connectivity index (χ0n) is 12.7. The van der Waals surface area contributed by atoms with E-state index in [4.69, 9.17) is 10.7 Å². The SMILES string of the molecule is CCc1[nH]nc(C(=O)NC(C)CCC(C)C)c1S(=O)(=O)Cl. The van der Waals surface area contributed by atoms with Crippen LogP contribution in [0.25, 0.3) is 0 Å². The van der Waals surface area contributed by atoms with Crippen LogP contribution in [0.5, 0.6) is 0 Å². The minimum atomic E-state index is -4.02. The smallest absolute Gasteiger partial charge is 0.273 e. The third-order valence-corrected chi connectivity index (χ3v) is 4.55. The van der Waals surface area contributed by atoms with Crippen molar-refractivity contribution >= 4 is 25.6 Å². The van der Waals surface area contributed by atoms with Gasteiger partial charge in [0.2, 0.25) is 0 Å². The summed E-state index contributed by atoms with van der Waals surface area (Å²) >= 11 is 0. The second-order valence-corrected chi connectivity index (χ2v) is 8.02. The van der Waals surface area contributed by atoms with Crippen LogP contribution in [0, 0.1) is 5.92 Å². The van der Waals surface area contributed by atoms with Gasteiger partial charge in [-0.3, -0.25) is 9.89 Å². The van der Waals surface area contributed by atoms with E-state index < -0.39 is 15.0 Å². The zero-order valence-corrected chi connectivity index (χ0v) is 14.3. The van der Waals surface area contributed by atoms with Crippen LogP contribution in [0.1, 0.15) is 56.7 Å². The number of carbonyl (C=O) groups excluding carboxylic acids is 1. The van der Waals surface area contributed by atoms with Crippen molar-refractivity contribution in [2.45, 2.75) is 57.9 Å². The molecule has 120 valence electrons. The van der Waals surface area contributed by atoms with Crippen LogP contribution in [0.15, 0.2) is 4.90 Å². The van der Waals surface area contributed by atoms with E-state index >= 15 is 0 Å². The molecule has 1 heterocycles. The van der Waals surface area contributed by atoms with Crippen LogP contribution in [0.2, 0.25) is 0 Å². The number of aryl methyl sites for hydroxylation is 1. The van der Waals surface area contributed by atoms with E-state index in [-0.39, 0.29) is 16.6 Å². The van der Waals surface area contributed by atoms with Crippen molar-refractivity contribution in [3.8, 4) is 0 Å². The van der Waals surface area contributed by atoms with Gasteiger partial charge in [0.25, 0.3) is 15.0 Å². The first-order chi connectivity index (χ1) is 9.66. The number of hydrogen-bond acceptors (Lipinski definition) is 4. The van der Waals surface area contributed by atoms with Gasteiger partial charge in [-0.1, -0.05) is 20.8 Å². The summed E-state index contributed by atoms with van der Waals surface area (Å²) in [6, 6.07) is -0.0624. The van der Waals surface area contributed by atoms with E-state index in [1.165, 1.54) is 0 Å². The van der Waals surface area contributed by atoms with Gasteiger partial charge in [0.15, 0.2) is 5.69 Å². The number of H-pyrrole nitrogens is 1. The molecule has 6 nitrogen and oxygen atoms in total. The Kier molecular flexibility index (Phi) is 6.22. The molecule has 8 heteroatoms. The first kappa shape index (κ1) is 18.0. The molecule has 0 aliphatic heterocycles. The normalized spacial score (nSPS) is 13.4. The number of aromatic amines is 1. The van der Waals surface area contributed by atoms with Gasteiger partial charge < -0.3 is 5.32 Å². The lowest BCUT2D eigenvalue weighted by atomic mass is 10.0. The van der Waals surface area contributed by atoms with Crippen molar-refractivity contribution in [1.82, 2.24) is 15.5 Å². The van der Waals surface area contributed by atoms with E-state index in [0.717, 1.165) is 12.8 Å². The molecule has 0 saturated carbocycles. The summed E-state index contributed by atoms with van der Waals surface area (Å²) in [6.45, 7) is 7.84. The maximum absolute atomic E-state index is 12.2. The summed E-state index contributed by atoms with van der Waals surface area (Å²) in [5.74, 6) is 0.0154. The predicted molar refractivity (Wildman–Crippen MR) is 82.0 cm³/mol. The Bertz CT molecular complexity index is 596. The zero-order chi connectivity index (χ0) is 16.2. The fourth-order valence-corrected chi connectivity index (χ4v) is 3.32. The molecule has 1 aromatic rings. The number of amides is 1. The molecule has 0 radical (unpaired) electrons. The highest BCUT2D eigenvalue weighted by Gasteiger charge is 2.28. The monoisotopic (exact) mass is 335 g/mol. The maximum Gasteiger partial charge on any atom is 0.273 e. The molecule has 1 rings (SSSR count). The van der Waals surface area contributed by atoms with Gasteiger partial charge in [-0.05, 0) is 32.1 Å². The van der Waals surface area contributed by atoms with Gasteiger partial charge in [0.1, 0.15) is 4.90 Å². The Morgan fingerprint density at radius 3 is 2.43 bits per heavy atom. The molecule has 0 bridgehead atoms. The minimum Gasteiger partial charge on any atom is -0.348 e. The van der Waals surface area contributed by atoms with Crippen LogP contribution in [-0.2, 0) is 15.5 Å². The maximum atomic E-state index is 12.2. The second kappa shape index (κ2) is 7.26.